The van der Waals surface area contributed by atoms with Crippen molar-refractivity contribution in [1.82, 2.24) is 10.3 Å². The van der Waals surface area contributed by atoms with Crippen LogP contribution in [0.15, 0.2) is 36.7 Å². The molecule has 0 fully saturated rings. The highest BCUT2D eigenvalue weighted by Gasteiger charge is 2.00. The van der Waals surface area contributed by atoms with Gasteiger partial charge in [0.25, 0.3) is 0 Å². The summed E-state index contributed by atoms with van der Waals surface area (Å²) in [6.45, 7) is 8.19. The molecule has 1 N–H and O–H groups in total. The number of rotatable bonds is 4. The molecular weight excluding hydrogens is 220 g/mol. The number of nitrogens with one attached hydrogen (secondary N) is 1. The second-order valence-corrected chi connectivity index (χ2v) is 4.84. The summed E-state index contributed by atoms with van der Waals surface area (Å²) in [6, 6.07) is 8.64. The van der Waals surface area contributed by atoms with Gasteiger partial charge in [-0.1, -0.05) is 23.8 Å². The average molecular weight is 240 g/mol. The van der Waals surface area contributed by atoms with Crippen molar-refractivity contribution in [2.75, 3.05) is 0 Å². The van der Waals surface area contributed by atoms with E-state index in [1.165, 1.54) is 27.8 Å². The first-order chi connectivity index (χ1) is 8.66. The van der Waals surface area contributed by atoms with E-state index in [0.717, 1.165) is 13.1 Å². The van der Waals surface area contributed by atoms with Crippen molar-refractivity contribution in [1.29, 1.82) is 0 Å². The van der Waals surface area contributed by atoms with Crippen LogP contribution < -0.4 is 5.32 Å². The first-order valence-electron chi connectivity index (χ1n) is 6.33. The standard InChI is InChI=1S/C16H20N2/c1-12-4-5-13(2)15(8-12)9-18-11-16-10-17-7-6-14(16)3/h4-8,10,18H,9,11H2,1-3H3. The average Bonchev–Trinajstić information content (AvgIpc) is 2.36. The molecule has 0 radical (unpaired) electrons. The van der Waals surface area contributed by atoms with Crippen LogP contribution in [-0.2, 0) is 13.1 Å². The molecule has 1 aromatic carbocycles. The number of aryl methyl sites for hydroxylation is 3. The lowest BCUT2D eigenvalue weighted by Crippen LogP contribution is -2.14. The fourth-order valence-electron chi connectivity index (χ4n) is 2.00. The SMILES string of the molecule is Cc1ccc(C)c(CNCc2cnccc2C)c1. The summed E-state index contributed by atoms with van der Waals surface area (Å²) in [6.07, 6.45) is 3.77. The van der Waals surface area contributed by atoms with E-state index in [1.54, 1.807) is 0 Å². The summed E-state index contributed by atoms with van der Waals surface area (Å²) in [7, 11) is 0. The lowest BCUT2D eigenvalue weighted by atomic mass is 10.1. The predicted octanol–water partition coefficient (Wildman–Crippen LogP) is 3.30. The minimum atomic E-state index is 0.868. The number of benzene rings is 1. The van der Waals surface area contributed by atoms with Gasteiger partial charge in [-0.05, 0) is 49.1 Å². The third-order valence-electron chi connectivity index (χ3n) is 3.28. The Morgan fingerprint density at radius 1 is 0.944 bits per heavy atom. The third-order valence-corrected chi connectivity index (χ3v) is 3.28. The summed E-state index contributed by atoms with van der Waals surface area (Å²) in [5.74, 6) is 0. The van der Waals surface area contributed by atoms with Crippen LogP contribution in [0, 0.1) is 20.8 Å². The lowest BCUT2D eigenvalue weighted by Gasteiger charge is -2.10. The molecule has 1 heterocycles. The molecule has 0 aliphatic rings. The number of hydrogen-bond donors (Lipinski definition) is 1. The van der Waals surface area contributed by atoms with Gasteiger partial charge in [-0.3, -0.25) is 4.98 Å². The van der Waals surface area contributed by atoms with Crippen LogP contribution in [-0.4, -0.2) is 4.98 Å². The first-order valence-corrected chi connectivity index (χ1v) is 6.33. The van der Waals surface area contributed by atoms with E-state index < -0.39 is 0 Å². The zero-order valence-electron chi connectivity index (χ0n) is 11.3. The molecule has 0 aliphatic carbocycles. The topological polar surface area (TPSA) is 24.9 Å². The molecule has 2 rings (SSSR count). The Hall–Kier alpha value is -1.67. The van der Waals surface area contributed by atoms with Gasteiger partial charge in [0.1, 0.15) is 0 Å². The summed E-state index contributed by atoms with van der Waals surface area (Å²) < 4.78 is 0. The molecule has 2 nitrogen and oxygen atoms in total. The van der Waals surface area contributed by atoms with Gasteiger partial charge in [0.2, 0.25) is 0 Å². The van der Waals surface area contributed by atoms with E-state index in [0.29, 0.717) is 0 Å². The highest BCUT2D eigenvalue weighted by atomic mass is 14.9. The number of nitrogens with zero attached hydrogens (tertiary/aromatic N) is 1. The van der Waals surface area contributed by atoms with Gasteiger partial charge in [-0.25, -0.2) is 0 Å². The van der Waals surface area contributed by atoms with E-state index in [9.17, 15) is 0 Å². The highest BCUT2D eigenvalue weighted by molar-refractivity contribution is 5.30. The lowest BCUT2D eigenvalue weighted by molar-refractivity contribution is 0.685. The normalized spacial score (nSPS) is 10.6. The number of hydrogen-bond acceptors (Lipinski definition) is 2. The first kappa shape index (κ1) is 12.8. The van der Waals surface area contributed by atoms with Crippen molar-refractivity contribution in [3.63, 3.8) is 0 Å². The van der Waals surface area contributed by atoms with Crippen LogP contribution in [0.5, 0.6) is 0 Å². The zero-order valence-corrected chi connectivity index (χ0v) is 11.3. The van der Waals surface area contributed by atoms with E-state index in [2.05, 4.69) is 55.3 Å². The molecule has 1 aromatic heterocycles. The molecule has 94 valence electrons. The van der Waals surface area contributed by atoms with E-state index in [1.807, 2.05) is 12.4 Å². The summed E-state index contributed by atoms with van der Waals surface area (Å²) >= 11 is 0. The summed E-state index contributed by atoms with van der Waals surface area (Å²) in [5, 5.41) is 3.49. The maximum absolute atomic E-state index is 4.16. The third kappa shape index (κ3) is 3.17. The Bertz CT molecular complexity index is 532. The van der Waals surface area contributed by atoms with Gasteiger partial charge in [0.05, 0.1) is 0 Å². The van der Waals surface area contributed by atoms with Crippen molar-refractivity contribution in [2.45, 2.75) is 33.9 Å². The molecule has 2 aromatic rings. The van der Waals surface area contributed by atoms with Crippen molar-refractivity contribution in [2.24, 2.45) is 0 Å². The van der Waals surface area contributed by atoms with Gasteiger partial charge in [0, 0.05) is 25.5 Å². The molecule has 0 amide bonds. The molecule has 0 saturated carbocycles. The molecule has 0 spiro atoms. The van der Waals surface area contributed by atoms with Crippen LogP contribution in [0.1, 0.15) is 27.8 Å². The molecule has 0 aliphatic heterocycles. The molecule has 18 heavy (non-hydrogen) atoms. The minimum Gasteiger partial charge on any atom is -0.309 e. The quantitative estimate of drug-likeness (QED) is 0.887. The molecule has 0 atom stereocenters. The second-order valence-electron chi connectivity index (χ2n) is 4.84. The maximum Gasteiger partial charge on any atom is 0.0315 e. The second kappa shape index (κ2) is 5.78. The van der Waals surface area contributed by atoms with E-state index >= 15 is 0 Å². The zero-order chi connectivity index (χ0) is 13.0. The van der Waals surface area contributed by atoms with Crippen LogP contribution in [0.25, 0.3) is 0 Å². The number of aromatic nitrogens is 1. The van der Waals surface area contributed by atoms with Crippen LogP contribution >= 0.6 is 0 Å². The fourth-order valence-corrected chi connectivity index (χ4v) is 2.00. The molecule has 0 unspecified atom stereocenters. The molecular formula is C16H20N2. The fraction of sp³-hybridized carbons (Fsp3) is 0.312. The van der Waals surface area contributed by atoms with Crippen molar-refractivity contribution >= 4 is 0 Å². The van der Waals surface area contributed by atoms with Crippen molar-refractivity contribution < 1.29 is 0 Å². The maximum atomic E-state index is 4.16. The van der Waals surface area contributed by atoms with Gasteiger partial charge >= 0.3 is 0 Å². The highest BCUT2D eigenvalue weighted by Crippen LogP contribution is 2.11. The van der Waals surface area contributed by atoms with Gasteiger partial charge in [-0.15, -0.1) is 0 Å². The van der Waals surface area contributed by atoms with E-state index in [4.69, 9.17) is 0 Å². The predicted molar refractivity (Wildman–Crippen MR) is 75.4 cm³/mol. The summed E-state index contributed by atoms with van der Waals surface area (Å²) in [4.78, 5) is 4.16. The largest absolute Gasteiger partial charge is 0.309 e. The Kier molecular flexibility index (Phi) is 4.11. The van der Waals surface area contributed by atoms with Gasteiger partial charge in [0.15, 0.2) is 0 Å². The Morgan fingerprint density at radius 2 is 1.67 bits per heavy atom. The van der Waals surface area contributed by atoms with Crippen molar-refractivity contribution in [3.8, 4) is 0 Å². The van der Waals surface area contributed by atoms with Gasteiger partial charge < -0.3 is 5.32 Å². The number of pyridine rings is 1. The van der Waals surface area contributed by atoms with Crippen LogP contribution in [0.3, 0.4) is 0 Å². The Labute approximate surface area is 109 Å². The Morgan fingerprint density at radius 3 is 2.44 bits per heavy atom. The monoisotopic (exact) mass is 240 g/mol. The van der Waals surface area contributed by atoms with Gasteiger partial charge in [-0.2, -0.15) is 0 Å². The molecule has 0 saturated heterocycles. The summed E-state index contributed by atoms with van der Waals surface area (Å²) in [5.41, 5.74) is 6.59. The molecule has 2 heteroatoms. The molecule has 0 bridgehead atoms. The smallest absolute Gasteiger partial charge is 0.0315 e. The van der Waals surface area contributed by atoms with Crippen molar-refractivity contribution in [3.05, 3.63) is 64.5 Å². The van der Waals surface area contributed by atoms with Crippen LogP contribution in [0.4, 0.5) is 0 Å². The van der Waals surface area contributed by atoms with E-state index in [-0.39, 0.29) is 0 Å². The minimum absolute atomic E-state index is 0.868. The van der Waals surface area contributed by atoms with Crippen LogP contribution in [0.2, 0.25) is 0 Å². The Balaban J connectivity index is 1.96.